The first-order valence-electron chi connectivity index (χ1n) is 10.8. The van der Waals surface area contributed by atoms with Crippen molar-refractivity contribution in [3.05, 3.63) is 76.3 Å². The lowest BCUT2D eigenvalue weighted by atomic mass is 10.0. The largest absolute Gasteiger partial charge is 0.573 e. The van der Waals surface area contributed by atoms with Crippen LogP contribution in [0.5, 0.6) is 11.5 Å². The molecular formula is C25H21Cl2F3N2O5. The second kappa shape index (κ2) is 12.6. The maximum atomic E-state index is 12.8. The number of rotatable bonds is 9. The Hall–Kier alpha value is -3.63. The minimum Gasteiger partial charge on any atom is -0.490 e. The van der Waals surface area contributed by atoms with Gasteiger partial charge in [-0.15, -0.1) is 13.2 Å². The standard InChI is InChI=1S/C25H21Cl2F3N2O5/c1-15(33)35-10-11-36-18-8-6-16(7-9-18)14-31-24(34)32-17-12-20(26)23(21(27)13-17)19-4-2-3-5-22(19)37-25(28,29)30/h2-9,12-13H,10-11,14H2,1H3,(H2,31,32,34). The first-order chi connectivity index (χ1) is 17.5. The van der Waals surface area contributed by atoms with E-state index in [1.54, 1.807) is 24.3 Å². The lowest BCUT2D eigenvalue weighted by molar-refractivity contribution is -0.274. The zero-order valence-corrected chi connectivity index (χ0v) is 20.8. The molecule has 2 N–H and O–H groups in total. The maximum Gasteiger partial charge on any atom is 0.573 e. The number of amides is 2. The highest BCUT2D eigenvalue weighted by atomic mass is 35.5. The van der Waals surface area contributed by atoms with Crippen LogP contribution >= 0.6 is 23.2 Å². The molecule has 0 aliphatic heterocycles. The van der Waals surface area contributed by atoms with Crippen molar-refractivity contribution in [2.24, 2.45) is 0 Å². The molecule has 0 atom stereocenters. The third kappa shape index (κ3) is 8.76. The van der Waals surface area contributed by atoms with Gasteiger partial charge in [0.25, 0.3) is 0 Å². The van der Waals surface area contributed by atoms with E-state index < -0.39 is 18.1 Å². The fourth-order valence-corrected chi connectivity index (χ4v) is 3.89. The van der Waals surface area contributed by atoms with Crippen molar-refractivity contribution in [1.82, 2.24) is 5.32 Å². The van der Waals surface area contributed by atoms with Gasteiger partial charge in [0.1, 0.15) is 24.7 Å². The molecule has 7 nitrogen and oxygen atoms in total. The Labute approximate surface area is 220 Å². The van der Waals surface area contributed by atoms with E-state index in [4.69, 9.17) is 32.7 Å². The summed E-state index contributed by atoms with van der Waals surface area (Å²) >= 11 is 12.6. The molecule has 37 heavy (non-hydrogen) atoms. The number of alkyl halides is 3. The Morgan fingerprint density at radius 2 is 1.59 bits per heavy atom. The number of anilines is 1. The molecule has 0 spiro atoms. The SMILES string of the molecule is CC(=O)OCCOc1ccc(CNC(=O)Nc2cc(Cl)c(-c3ccccc3OC(F)(F)F)c(Cl)c2)cc1. The predicted molar refractivity (Wildman–Crippen MR) is 133 cm³/mol. The number of hydrogen-bond acceptors (Lipinski definition) is 5. The summed E-state index contributed by atoms with van der Waals surface area (Å²) in [6.07, 6.45) is -4.90. The Morgan fingerprint density at radius 3 is 2.22 bits per heavy atom. The van der Waals surface area contributed by atoms with Crippen LogP contribution in [0.2, 0.25) is 10.0 Å². The maximum absolute atomic E-state index is 12.8. The van der Waals surface area contributed by atoms with E-state index >= 15 is 0 Å². The molecule has 0 aliphatic rings. The summed E-state index contributed by atoms with van der Waals surface area (Å²) in [5.41, 5.74) is 1.20. The number of esters is 1. The van der Waals surface area contributed by atoms with Gasteiger partial charge < -0.3 is 24.8 Å². The van der Waals surface area contributed by atoms with Gasteiger partial charge in [-0.1, -0.05) is 53.5 Å². The molecule has 0 fully saturated rings. The Bertz CT molecular complexity index is 1230. The van der Waals surface area contributed by atoms with Crippen molar-refractivity contribution >= 4 is 40.9 Å². The van der Waals surface area contributed by atoms with Gasteiger partial charge >= 0.3 is 18.4 Å². The molecule has 0 aromatic heterocycles. The normalized spacial score (nSPS) is 11.0. The van der Waals surface area contributed by atoms with E-state index in [9.17, 15) is 22.8 Å². The van der Waals surface area contributed by atoms with Crippen LogP contribution in [-0.2, 0) is 16.1 Å². The first kappa shape index (κ1) is 27.9. The third-order valence-corrected chi connectivity index (χ3v) is 5.31. The average molecular weight is 557 g/mol. The van der Waals surface area contributed by atoms with Gasteiger partial charge in [-0.3, -0.25) is 4.79 Å². The fourth-order valence-electron chi connectivity index (χ4n) is 3.20. The molecular weight excluding hydrogens is 536 g/mol. The van der Waals surface area contributed by atoms with Gasteiger partial charge in [-0.2, -0.15) is 0 Å². The van der Waals surface area contributed by atoms with Crippen molar-refractivity contribution in [3.63, 3.8) is 0 Å². The molecule has 0 aliphatic carbocycles. The second-order valence-corrected chi connectivity index (χ2v) is 8.31. The van der Waals surface area contributed by atoms with Crippen LogP contribution in [0, 0.1) is 0 Å². The van der Waals surface area contributed by atoms with Gasteiger partial charge in [-0.05, 0) is 35.9 Å². The highest BCUT2D eigenvalue weighted by Crippen LogP contribution is 2.42. The van der Waals surface area contributed by atoms with E-state index in [1.165, 1.54) is 37.3 Å². The van der Waals surface area contributed by atoms with Crippen LogP contribution in [0.25, 0.3) is 11.1 Å². The van der Waals surface area contributed by atoms with Crippen LogP contribution < -0.4 is 20.1 Å². The lowest BCUT2D eigenvalue weighted by Crippen LogP contribution is -2.28. The molecule has 0 unspecified atom stereocenters. The van der Waals surface area contributed by atoms with Crippen LogP contribution in [-0.4, -0.2) is 31.6 Å². The fraction of sp³-hybridized carbons (Fsp3) is 0.200. The summed E-state index contributed by atoms with van der Waals surface area (Å²) < 4.78 is 52.7. The summed E-state index contributed by atoms with van der Waals surface area (Å²) in [5.74, 6) is -0.269. The molecule has 3 rings (SSSR count). The quantitative estimate of drug-likeness (QED) is 0.223. The summed E-state index contributed by atoms with van der Waals surface area (Å²) in [7, 11) is 0. The minimum absolute atomic E-state index is 0.0188. The van der Waals surface area contributed by atoms with Gasteiger partial charge in [-0.25, -0.2) is 4.79 Å². The van der Waals surface area contributed by atoms with Gasteiger partial charge in [0.2, 0.25) is 0 Å². The van der Waals surface area contributed by atoms with Crippen molar-refractivity contribution in [1.29, 1.82) is 0 Å². The molecule has 3 aromatic rings. The highest BCUT2D eigenvalue weighted by molar-refractivity contribution is 6.40. The number of carbonyl (C=O) groups is 2. The van der Waals surface area contributed by atoms with E-state index in [-0.39, 0.29) is 52.6 Å². The lowest BCUT2D eigenvalue weighted by Gasteiger charge is -2.16. The molecule has 2 amide bonds. The average Bonchev–Trinajstić information content (AvgIpc) is 2.81. The number of halogens is 5. The molecule has 12 heteroatoms. The number of urea groups is 1. The van der Waals surface area contributed by atoms with Crippen molar-refractivity contribution in [2.45, 2.75) is 19.8 Å². The summed E-state index contributed by atoms with van der Waals surface area (Å²) in [6, 6.07) is 14.6. The van der Waals surface area contributed by atoms with Crippen LogP contribution in [0.1, 0.15) is 12.5 Å². The monoisotopic (exact) mass is 556 g/mol. The minimum atomic E-state index is -4.90. The van der Waals surface area contributed by atoms with Gasteiger partial charge in [0.15, 0.2) is 0 Å². The Morgan fingerprint density at radius 1 is 0.946 bits per heavy atom. The van der Waals surface area contributed by atoms with E-state index in [0.717, 1.165) is 11.6 Å². The number of para-hydroxylation sites is 1. The summed E-state index contributed by atoms with van der Waals surface area (Å²) in [5, 5.41) is 5.29. The van der Waals surface area contributed by atoms with E-state index in [0.29, 0.717) is 5.75 Å². The Balaban J connectivity index is 1.60. The number of ether oxygens (including phenoxy) is 3. The second-order valence-electron chi connectivity index (χ2n) is 7.50. The molecule has 0 radical (unpaired) electrons. The molecule has 0 bridgehead atoms. The number of carbonyl (C=O) groups excluding carboxylic acids is 2. The Kier molecular flexibility index (Phi) is 9.48. The highest BCUT2D eigenvalue weighted by Gasteiger charge is 2.32. The zero-order chi connectivity index (χ0) is 27.0. The molecule has 0 heterocycles. The molecule has 196 valence electrons. The van der Waals surface area contributed by atoms with E-state index in [1.807, 2.05) is 0 Å². The van der Waals surface area contributed by atoms with Crippen molar-refractivity contribution in [2.75, 3.05) is 18.5 Å². The van der Waals surface area contributed by atoms with Crippen molar-refractivity contribution in [3.8, 4) is 22.6 Å². The first-order valence-corrected chi connectivity index (χ1v) is 11.5. The summed E-state index contributed by atoms with van der Waals surface area (Å²) in [6.45, 7) is 1.86. The third-order valence-electron chi connectivity index (χ3n) is 4.72. The van der Waals surface area contributed by atoms with Crippen LogP contribution in [0.15, 0.2) is 60.7 Å². The molecule has 0 saturated heterocycles. The summed E-state index contributed by atoms with van der Waals surface area (Å²) in [4.78, 5) is 23.1. The molecule has 3 aromatic carbocycles. The van der Waals surface area contributed by atoms with Crippen molar-refractivity contribution < 1.29 is 37.0 Å². The van der Waals surface area contributed by atoms with Gasteiger partial charge in [0.05, 0.1) is 10.0 Å². The van der Waals surface area contributed by atoms with Crippen LogP contribution in [0.3, 0.4) is 0 Å². The number of nitrogens with one attached hydrogen (secondary N) is 2. The number of benzene rings is 3. The van der Waals surface area contributed by atoms with Crippen LogP contribution in [0.4, 0.5) is 23.7 Å². The smallest absolute Gasteiger partial charge is 0.490 e. The van der Waals surface area contributed by atoms with Gasteiger partial charge in [0, 0.05) is 30.3 Å². The number of hydrogen-bond donors (Lipinski definition) is 2. The zero-order valence-electron chi connectivity index (χ0n) is 19.3. The topological polar surface area (TPSA) is 85.9 Å². The van der Waals surface area contributed by atoms with E-state index in [2.05, 4.69) is 15.4 Å². The predicted octanol–water partition coefficient (Wildman–Crippen LogP) is 6.82. The molecule has 0 saturated carbocycles.